The Hall–Kier alpha value is -0.520. The number of nitrogens with two attached hydrogens (primary N) is 1. The number of halogens is 1. The summed E-state index contributed by atoms with van der Waals surface area (Å²) in [6.45, 7) is 0.307. The summed E-state index contributed by atoms with van der Waals surface area (Å²) in [4.78, 5) is 14.3. The first-order chi connectivity index (χ1) is 8.08. The quantitative estimate of drug-likeness (QED) is 0.932. The minimum atomic E-state index is -0.276. The highest BCUT2D eigenvalue weighted by Crippen LogP contribution is 2.39. The first-order valence-electron chi connectivity index (χ1n) is 5.48. The number of nitrogens with zero attached hydrogens (tertiary/aromatic N) is 1. The summed E-state index contributed by atoms with van der Waals surface area (Å²) in [6, 6.07) is 6.62. The SMILES string of the molecule is CN(CC(N)=O)[C@H]1CCSc2ccc(Br)cc21. The van der Waals surface area contributed by atoms with E-state index in [0.717, 1.165) is 16.6 Å². The number of thioether (sulfide) groups is 1. The maximum absolute atomic E-state index is 11.0. The van der Waals surface area contributed by atoms with Crippen LogP contribution in [-0.4, -0.2) is 30.2 Å². The van der Waals surface area contributed by atoms with Crippen molar-refractivity contribution in [3.8, 4) is 0 Å². The molecular formula is C12H15BrN2OS. The van der Waals surface area contributed by atoms with Gasteiger partial charge in [-0.1, -0.05) is 15.9 Å². The zero-order valence-corrected chi connectivity index (χ0v) is 12.1. The lowest BCUT2D eigenvalue weighted by Crippen LogP contribution is -2.35. The Morgan fingerprint density at radius 3 is 3.12 bits per heavy atom. The predicted octanol–water partition coefficient (Wildman–Crippen LogP) is 2.40. The van der Waals surface area contributed by atoms with Crippen LogP contribution in [0.1, 0.15) is 18.0 Å². The second-order valence-corrected chi connectivity index (χ2v) is 6.27. The average molecular weight is 315 g/mol. The fourth-order valence-electron chi connectivity index (χ4n) is 2.16. The Balaban J connectivity index is 2.27. The van der Waals surface area contributed by atoms with Crippen LogP contribution in [-0.2, 0) is 4.79 Å². The van der Waals surface area contributed by atoms with Gasteiger partial charge in [0.15, 0.2) is 0 Å². The van der Waals surface area contributed by atoms with E-state index in [-0.39, 0.29) is 11.9 Å². The Morgan fingerprint density at radius 1 is 1.65 bits per heavy atom. The molecule has 2 rings (SSSR count). The second-order valence-electron chi connectivity index (χ2n) is 4.22. The van der Waals surface area contributed by atoms with E-state index in [1.54, 1.807) is 0 Å². The molecule has 0 aliphatic carbocycles. The van der Waals surface area contributed by atoms with Crippen molar-refractivity contribution in [3.63, 3.8) is 0 Å². The lowest BCUT2D eigenvalue weighted by atomic mass is 10.0. The van der Waals surface area contributed by atoms with Gasteiger partial charge in [0.25, 0.3) is 0 Å². The Bertz CT molecular complexity index is 439. The highest BCUT2D eigenvalue weighted by molar-refractivity contribution is 9.10. The number of hydrogen-bond acceptors (Lipinski definition) is 3. The molecule has 1 heterocycles. The first kappa shape index (κ1) is 12.9. The number of likely N-dealkylation sites (N-methyl/N-ethyl adjacent to an activating group) is 1. The Kier molecular flexibility index (Phi) is 4.12. The lowest BCUT2D eigenvalue weighted by Gasteiger charge is -2.32. The van der Waals surface area contributed by atoms with Gasteiger partial charge in [-0.25, -0.2) is 0 Å². The van der Waals surface area contributed by atoms with E-state index in [2.05, 4.69) is 34.1 Å². The summed E-state index contributed by atoms with van der Waals surface area (Å²) in [5.41, 5.74) is 6.55. The number of rotatable bonds is 3. The fraction of sp³-hybridized carbons (Fsp3) is 0.417. The molecule has 1 atom stereocenters. The number of amides is 1. The number of carbonyl (C=O) groups is 1. The predicted molar refractivity (Wildman–Crippen MR) is 74.0 cm³/mol. The van der Waals surface area contributed by atoms with Gasteiger partial charge in [0.1, 0.15) is 0 Å². The minimum absolute atomic E-state index is 0.276. The highest BCUT2D eigenvalue weighted by atomic mass is 79.9. The number of hydrogen-bond donors (Lipinski definition) is 1. The zero-order chi connectivity index (χ0) is 12.4. The van der Waals surface area contributed by atoms with Gasteiger partial charge in [-0.2, -0.15) is 0 Å². The van der Waals surface area contributed by atoms with Crippen molar-refractivity contribution in [2.24, 2.45) is 5.73 Å². The number of carbonyl (C=O) groups excluding carboxylic acids is 1. The van der Waals surface area contributed by atoms with Gasteiger partial charge in [0, 0.05) is 15.4 Å². The van der Waals surface area contributed by atoms with Crippen LogP contribution in [0, 0.1) is 0 Å². The molecule has 0 fully saturated rings. The maximum Gasteiger partial charge on any atom is 0.231 e. The van der Waals surface area contributed by atoms with Crippen molar-refractivity contribution in [2.75, 3.05) is 19.3 Å². The zero-order valence-electron chi connectivity index (χ0n) is 9.65. The van der Waals surface area contributed by atoms with Gasteiger partial charge in [-0.05, 0) is 43.0 Å². The van der Waals surface area contributed by atoms with E-state index in [1.165, 1.54) is 10.5 Å². The molecule has 2 N–H and O–H groups in total. The van der Waals surface area contributed by atoms with E-state index in [4.69, 9.17) is 5.73 Å². The van der Waals surface area contributed by atoms with Crippen molar-refractivity contribution in [3.05, 3.63) is 28.2 Å². The van der Waals surface area contributed by atoms with Crippen LogP contribution >= 0.6 is 27.7 Å². The molecule has 1 aliphatic heterocycles. The highest BCUT2D eigenvalue weighted by Gasteiger charge is 2.25. The number of primary amides is 1. The molecule has 1 aromatic rings. The fourth-order valence-corrected chi connectivity index (χ4v) is 3.63. The van der Waals surface area contributed by atoms with Crippen LogP contribution in [0.25, 0.3) is 0 Å². The number of fused-ring (bicyclic) bond motifs is 1. The van der Waals surface area contributed by atoms with Crippen molar-refractivity contribution >= 4 is 33.6 Å². The summed E-state index contributed by atoms with van der Waals surface area (Å²) in [6.07, 6.45) is 1.05. The molecule has 1 amide bonds. The van der Waals surface area contributed by atoms with Crippen LogP contribution < -0.4 is 5.73 Å². The topological polar surface area (TPSA) is 46.3 Å². The molecule has 0 aromatic heterocycles. The second kappa shape index (κ2) is 5.42. The molecule has 5 heteroatoms. The molecule has 0 bridgehead atoms. The van der Waals surface area contributed by atoms with Crippen molar-refractivity contribution in [1.29, 1.82) is 0 Å². The standard InChI is InChI=1S/C12H15BrN2OS/c1-15(7-12(14)16)10-4-5-17-11-3-2-8(13)6-9(10)11/h2-3,6,10H,4-5,7H2,1H3,(H2,14,16)/t10-/m0/s1. The molecule has 0 unspecified atom stereocenters. The molecule has 0 spiro atoms. The minimum Gasteiger partial charge on any atom is -0.369 e. The van der Waals surface area contributed by atoms with Gasteiger partial charge < -0.3 is 5.73 Å². The normalized spacial score (nSPS) is 19.1. The lowest BCUT2D eigenvalue weighted by molar-refractivity contribution is -0.119. The molecule has 0 saturated heterocycles. The van der Waals surface area contributed by atoms with E-state index in [0.29, 0.717) is 6.54 Å². The van der Waals surface area contributed by atoms with Crippen LogP contribution in [0.5, 0.6) is 0 Å². The van der Waals surface area contributed by atoms with Crippen LogP contribution in [0.15, 0.2) is 27.6 Å². The molecule has 3 nitrogen and oxygen atoms in total. The van der Waals surface area contributed by atoms with Gasteiger partial charge in [0.05, 0.1) is 6.54 Å². The third-order valence-electron chi connectivity index (χ3n) is 2.92. The van der Waals surface area contributed by atoms with E-state index >= 15 is 0 Å². The van der Waals surface area contributed by atoms with Crippen LogP contribution in [0.2, 0.25) is 0 Å². The van der Waals surface area contributed by atoms with Crippen molar-refractivity contribution in [2.45, 2.75) is 17.4 Å². The Labute approximate surface area is 114 Å². The van der Waals surface area contributed by atoms with E-state index in [9.17, 15) is 4.79 Å². The molecule has 92 valence electrons. The molecule has 17 heavy (non-hydrogen) atoms. The molecule has 1 aromatic carbocycles. The summed E-state index contributed by atoms with van der Waals surface area (Å²) in [7, 11) is 1.95. The number of benzene rings is 1. The summed E-state index contributed by atoms with van der Waals surface area (Å²) in [5.74, 6) is 0.810. The van der Waals surface area contributed by atoms with Gasteiger partial charge in [-0.3, -0.25) is 9.69 Å². The third-order valence-corrected chi connectivity index (χ3v) is 4.53. The molecular weight excluding hydrogens is 300 g/mol. The average Bonchev–Trinajstić information content (AvgIpc) is 2.27. The molecule has 0 saturated carbocycles. The summed E-state index contributed by atoms with van der Waals surface area (Å²) < 4.78 is 1.08. The smallest absolute Gasteiger partial charge is 0.231 e. The van der Waals surface area contributed by atoms with Crippen LogP contribution in [0.4, 0.5) is 0 Å². The maximum atomic E-state index is 11.0. The largest absolute Gasteiger partial charge is 0.369 e. The third kappa shape index (κ3) is 3.03. The molecule has 0 radical (unpaired) electrons. The summed E-state index contributed by atoms with van der Waals surface area (Å²) >= 11 is 5.37. The molecule has 1 aliphatic rings. The summed E-state index contributed by atoms with van der Waals surface area (Å²) in [5, 5.41) is 0. The van der Waals surface area contributed by atoms with Gasteiger partial charge in [-0.15, -0.1) is 11.8 Å². The Morgan fingerprint density at radius 2 is 2.41 bits per heavy atom. The van der Waals surface area contributed by atoms with Crippen molar-refractivity contribution < 1.29 is 4.79 Å². The van der Waals surface area contributed by atoms with Crippen LogP contribution in [0.3, 0.4) is 0 Å². The van der Waals surface area contributed by atoms with Gasteiger partial charge in [0.2, 0.25) is 5.91 Å². The first-order valence-corrected chi connectivity index (χ1v) is 7.26. The van der Waals surface area contributed by atoms with E-state index in [1.807, 2.05) is 23.7 Å². The van der Waals surface area contributed by atoms with E-state index < -0.39 is 0 Å². The monoisotopic (exact) mass is 314 g/mol. The van der Waals surface area contributed by atoms with Crippen molar-refractivity contribution in [1.82, 2.24) is 4.90 Å². The van der Waals surface area contributed by atoms with Gasteiger partial charge >= 0.3 is 0 Å².